The van der Waals surface area contributed by atoms with Crippen molar-refractivity contribution in [2.45, 2.75) is 50.5 Å². The molecule has 3 rings (SSSR count). The molecule has 2 heterocycles. The Morgan fingerprint density at radius 3 is 2.76 bits per heavy atom. The number of nitrogens with two attached hydrogens (primary N) is 1. The fraction of sp³-hybridized carbons (Fsp3) is 0.556. The Balaban J connectivity index is 1.75. The van der Waals surface area contributed by atoms with Gasteiger partial charge in [0, 0.05) is 5.56 Å². The molecule has 1 aromatic carbocycles. The van der Waals surface area contributed by atoms with Crippen molar-refractivity contribution < 1.29 is 37.5 Å². The molecule has 2 fully saturated rings. The van der Waals surface area contributed by atoms with Gasteiger partial charge >= 0.3 is 7.82 Å². The molecular weight excluding hydrogens is 403 g/mol. The number of rotatable bonds is 8. The van der Waals surface area contributed by atoms with Gasteiger partial charge in [-0.25, -0.2) is 4.57 Å². The van der Waals surface area contributed by atoms with Crippen molar-refractivity contribution >= 4 is 13.7 Å². The van der Waals surface area contributed by atoms with Crippen LogP contribution in [0.4, 0.5) is 0 Å². The summed E-state index contributed by atoms with van der Waals surface area (Å²) in [4.78, 5) is 21.2. The van der Waals surface area contributed by atoms with E-state index in [1.807, 2.05) is 0 Å². The number of primary amides is 1. The fourth-order valence-electron chi connectivity index (χ4n) is 3.36. The lowest BCUT2D eigenvalue weighted by Gasteiger charge is -2.24. The number of hydrogen-bond acceptors (Lipinski definition) is 8. The average Bonchev–Trinajstić information content (AvgIpc) is 3.13. The Morgan fingerprint density at radius 2 is 2.07 bits per heavy atom. The fourth-order valence-corrected chi connectivity index (χ4v) is 4.10. The van der Waals surface area contributed by atoms with Crippen LogP contribution in [0.2, 0.25) is 0 Å². The van der Waals surface area contributed by atoms with Crippen molar-refractivity contribution in [3.05, 3.63) is 35.4 Å². The monoisotopic (exact) mass is 426 g/mol. The normalized spacial score (nSPS) is 29.7. The van der Waals surface area contributed by atoms with E-state index < -0.39 is 43.9 Å². The topological polar surface area (TPSA) is 150 Å². The number of nitrogens with zero attached hydrogens (tertiary/aromatic N) is 1. The molecule has 0 bridgehead atoms. The number of hydrogen-bond donors (Lipinski definition) is 2. The number of ether oxygens (including phenoxy) is 3. The molecule has 1 aromatic rings. The second-order valence-electron chi connectivity index (χ2n) is 7.16. The van der Waals surface area contributed by atoms with Gasteiger partial charge in [0.1, 0.15) is 24.4 Å². The minimum atomic E-state index is -4.34. The molecule has 11 heteroatoms. The summed E-state index contributed by atoms with van der Waals surface area (Å²) in [6.07, 6.45) is -2.43. The van der Waals surface area contributed by atoms with Crippen molar-refractivity contribution in [1.29, 1.82) is 5.26 Å². The van der Waals surface area contributed by atoms with E-state index >= 15 is 0 Å². The van der Waals surface area contributed by atoms with Crippen LogP contribution >= 0.6 is 7.82 Å². The van der Waals surface area contributed by atoms with Crippen molar-refractivity contribution in [2.75, 3.05) is 13.2 Å². The third-order valence-electron chi connectivity index (χ3n) is 4.52. The molecule has 0 aliphatic carbocycles. The molecule has 1 amide bonds. The van der Waals surface area contributed by atoms with Crippen LogP contribution in [0.25, 0.3) is 0 Å². The standard InChI is InChI=1S/C18H23N2O8P/c1-18(2)27-15-13(10-25-29(22,23)24-8-4-7-19)26-14(16(15)28-18)11-5-3-6-12(9-11)17(20)21/h3,5-6,9,13-16H,4,8,10H2,1-2H3,(H2,20,21)(H,22,23)/t13-,14+,15-,16+/m1/s1. The molecule has 1 unspecified atom stereocenters. The van der Waals surface area contributed by atoms with E-state index in [-0.39, 0.29) is 19.6 Å². The van der Waals surface area contributed by atoms with Crippen LogP contribution in [0.3, 0.4) is 0 Å². The molecule has 2 aliphatic heterocycles. The number of phosphoric ester groups is 1. The first kappa shape index (κ1) is 21.9. The van der Waals surface area contributed by atoms with Gasteiger partial charge in [0.05, 0.1) is 25.7 Å². The lowest BCUT2D eigenvalue weighted by Crippen LogP contribution is -2.32. The minimum Gasteiger partial charge on any atom is -0.366 e. The van der Waals surface area contributed by atoms with Gasteiger partial charge in [-0.2, -0.15) is 5.26 Å². The maximum Gasteiger partial charge on any atom is 0.472 e. The van der Waals surface area contributed by atoms with Crippen molar-refractivity contribution in [1.82, 2.24) is 0 Å². The van der Waals surface area contributed by atoms with Crippen LogP contribution in [0.1, 0.15) is 42.3 Å². The highest BCUT2D eigenvalue weighted by molar-refractivity contribution is 7.47. The predicted octanol–water partition coefficient (Wildman–Crippen LogP) is 1.79. The third kappa shape index (κ3) is 5.21. The van der Waals surface area contributed by atoms with Crippen molar-refractivity contribution in [3.63, 3.8) is 0 Å². The Labute approximate surface area is 168 Å². The quantitative estimate of drug-likeness (QED) is 0.468. The van der Waals surface area contributed by atoms with Crippen LogP contribution < -0.4 is 5.73 Å². The number of nitriles is 1. The molecule has 29 heavy (non-hydrogen) atoms. The van der Waals surface area contributed by atoms with Gasteiger partial charge in [-0.1, -0.05) is 12.1 Å². The van der Waals surface area contributed by atoms with Gasteiger partial charge in [0.2, 0.25) is 5.91 Å². The van der Waals surface area contributed by atoms with Crippen LogP contribution in [-0.4, -0.2) is 48.1 Å². The summed E-state index contributed by atoms with van der Waals surface area (Å²) in [6, 6.07) is 8.47. The lowest BCUT2D eigenvalue weighted by atomic mass is 10.00. The summed E-state index contributed by atoms with van der Waals surface area (Å²) in [5.41, 5.74) is 6.35. The Hall–Kier alpha value is -1.83. The summed E-state index contributed by atoms with van der Waals surface area (Å²) in [6.45, 7) is 2.99. The zero-order valence-corrected chi connectivity index (χ0v) is 16.9. The summed E-state index contributed by atoms with van der Waals surface area (Å²) in [5.74, 6) is -1.45. The molecule has 10 nitrogen and oxygen atoms in total. The molecule has 3 N–H and O–H groups in total. The van der Waals surface area contributed by atoms with Crippen molar-refractivity contribution in [2.24, 2.45) is 5.73 Å². The zero-order chi connectivity index (χ0) is 21.2. The Morgan fingerprint density at radius 1 is 1.34 bits per heavy atom. The van der Waals surface area contributed by atoms with E-state index in [1.54, 1.807) is 44.2 Å². The van der Waals surface area contributed by atoms with Gasteiger partial charge in [-0.15, -0.1) is 0 Å². The number of amides is 1. The summed E-state index contributed by atoms with van der Waals surface area (Å²) < 4.78 is 39.6. The number of phosphoric acid groups is 1. The molecule has 0 saturated carbocycles. The first-order valence-electron chi connectivity index (χ1n) is 9.01. The number of carbonyl (C=O) groups excluding carboxylic acids is 1. The van der Waals surface area contributed by atoms with Crippen LogP contribution in [0, 0.1) is 11.3 Å². The SMILES string of the molecule is CC1(C)O[C@@H]2[C@H](O1)[C@@H](COP(=O)(O)OCCC#N)O[C@H]2c1cccc(C(N)=O)c1. The highest BCUT2D eigenvalue weighted by atomic mass is 31.2. The molecular formula is C18H23N2O8P. The van der Waals surface area contributed by atoms with E-state index in [9.17, 15) is 14.3 Å². The molecule has 0 spiro atoms. The van der Waals surface area contributed by atoms with Crippen molar-refractivity contribution in [3.8, 4) is 6.07 Å². The zero-order valence-electron chi connectivity index (χ0n) is 16.0. The second-order valence-corrected chi connectivity index (χ2v) is 8.61. The molecule has 2 saturated heterocycles. The van der Waals surface area contributed by atoms with Crippen LogP contribution in [0.5, 0.6) is 0 Å². The second kappa shape index (κ2) is 8.50. The lowest BCUT2D eigenvalue weighted by molar-refractivity contribution is -0.190. The largest absolute Gasteiger partial charge is 0.472 e. The summed E-state index contributed by atoms with van der Waals surface area (Å²) in [7, 11) is -4.34. The third-order valence-corrected chi connectivity index (χ3v) is 5.50. The Bertz CT molecular complexity index is 855. The Kier molecular flexibility index (Phi) is 6.41. The van der Waals surface area contributed by atoms with Gasteiger partial charge < -0.3 is 24.8 Å². The molecule has 0 radical (unpaired) electrons. The highest BCUT2D eigenvalue weighted by Crippen LogP contribution is 2.48. The van der Waals surface area contributed by atoms with Crippen LogP contribution in [0.15, 0.2) is 24.3 Å². The first-order valence-corrected chi connectivity index (χ1v) is 10.5. The smallest absolute Gasteiger partial charge is 0.366 e. The average molecular weight is 426 g/mol. The summed E-state index contributed by atoms with van der Waals surface area (Å²) in [5, 5.41) is 8.49. The first-order chi connectivity index (χ1) is 13.6. The van der Waals surface area contributed by atoms with Gasteiger partial charge in [0.15, 0.2) is 5.79 Å². The van der Waals surface area contributed by atoms with E-state index in [0.717, 1.165) is 0 Å². The number of fused-ring (bicyclic) bond motifs is 1. The molecule has 0 aromatic heterocycles. The number of benzene rings is 1. The predicted molar refractivity (Wildman–Crippen MR) is 98.4 cm³/mol. The number of carbonyl (C=O) groups is 1. The maximum atomic E-state index is 12.0. The maximum absolute atomic E-state index is 12.0. The van der Waals surface area contributed by atoms with Crippen LogP contribution in [-0.2, 0) is 27.8 Å². The summed E-state index contributed by atoms with van der Waals surface area (Å²) >= 11 is 0. The molecule has 158 valence electrons. The van der Waals surface area contributed by atoms with E-state index in [0.29, 0.717) is 11.1 Å². The highest BCUT2D eigenvalue weighted by Gasteiger charge is 2.55. The molecule has 5 atom stereocenters. The van der Waals surface area contributed by atoms with E-state index in [4.69, 9.17) is 34.3 Å². The van der Waals surface area contributed by atoms with Gasteiger partial charge in [-0.05, 0) is 31.5 Å². The molecule has 2 aliphatic rings. The van der Waals surface area contributed by atoms with Gasteiger partial charge in [-0.3, -0.25) is 13.8 Å². The minimum absolute atomic E-state index is 0.0397. The van der Waals surface area contributed by atoms with E-state index in [1.165, 1.54) is 0 Å². The van der Waals surface area contributed by atoms with E-state index in [2.05, 4.69) is 0 Å². The van der Waals surface area contributed by atoms with Gasteiger partial charge in [0.25, 0.3) is 0 Å².